The van der Waals surface area contributed by atoms with Crippen LogP contribution in [0.4, 0.5) is 5.69 Å². The number of carbonyl (C=O) groups excluding carboxylic acids is 2. The number of imide groups is 1. The van der Waals surface area contributed by atoms with Crippen molar-refractivity contribution in [3.63, 3.8) is 0 Å². The Morgan fingerprint density at radius 1 is 1.19 bits per heavy atom. The molecule has 4 aliphatic rings. The quantitative estimate of drug-likeness (QED) is 0.774. The van der Waals surface area contributed by atoms with Crippen molar-refractivity contribution in [2.24, 2.45) is 5.92 Å². The number of hydrogen-bond acceptors (Lipinski definition) is 5. The van der Waals surface area contributed by atoms with Crippen molar-refractivity contribution in [2.75, 3.05) is 45.1 Å². The molecule has 3 atom stereocenters. The van der Waals surface area contributed by atoms with E-state index in [1.807, 2.05) is 4.90 Å². The fourth-order valence-electron chi connectivity index (χ4n) is 5.21. The molecular formula is C20H24N4O2. The number of likely N-dealkylation sites (N-methyl/N-ethyl adjacent to an activating group) is 1. The molecule has 136 valence electrons. The van der Waals surface area contributed by atoms with Crippen LogP contribution < -0.4 is 10.6 Å². The van der Waals surface area contributed by atoms with Gasteiger partial charge in [0.05, 0.1) is 13.1 Å². The Bertz CT molecular complexity index is 802. The second-order valence-electron chi connectivity index (χ2n) is 8.06. The molecule has 26 heavy (non-hydrogen) atoms. The molecule has 0 radical (unpaired) electrons. The largest absolute Gasteiger partial charge is 0.384 e. The summed E-state index contributed by atoms with van der Waals surface area (Å²) in [5, 5.41) is 5.94. The molecule has 0 saturated carbocycles. The van der Waals surface area contributed by atoms with E-state index in [9.17, 15) is 9.59 Å². The number of nitrogens with one attached hydrogen (secondary N) is 2. The molecule has 0 spiro atoms. The summed E-state index contributed by atoms with van der Waals surface area (Å²) in [6.45, 7) is 3.38. The zero-order valence-electron chi connectivity index (χ0n) is 15.0. The molecule has 2 N–H and O–H groups in total. The average molecular weight is 352 g/mol. The number of fused-ring (bicyclic) bond motifs is 2. The molecule has 1 aromatic rings. The Kier molecular flexibility index (Phi) is 3.65. The van der Waals surface area contributed by atoms with Gasteiger partial charge in [0.25, 0.3) is 0 Å². The highest BCUT2D eigenvalue weighted by Crippen LogP contribution is 2.48. The first-order valence-electron chi connectivity index (χ1n) is 9.42. The van der Waals surface area contributed by atoms with E-state index in [0.29, 0.717) is 31.0 Å². The molecule has 3 aliphatic heterocycles. The summed E-state index contributed by atoms with van der Waals surface area (Å²) in [5.41, 5.74) is 5.58. The number of piperazine rings is 1. The Morgan fingerprint density at radius 3 is 2.81 bits per heavy atom. The first-order chi connectivity index (χ1) is 12.6. The van der Waals surface area contributed by atoms with Crippen LogP contribution in [0.5, 0.6) is 0 Å². The molecule has 1 aromatic carbocycles. The molecule has 0 aromatic heterocycles. The van der Waals surface area contributed by atoms with Crippen molar-refractivity contribution in [2.45, 2.75) is 18.4 Å². The second kappa shape index (κ2) is 5.93. The van der Waals surface area contributed by atoms with Crippen molar-refractivity contribution in [3.05, 3.63) is 35.4 Å². The van der Waals surface area contributed by atoms with Crippen LogP contribution in [0.25, 0.3) is 5.57 Å². The fraction of sp³-hybridized carbons (Fsp3) is 0.500. The van der Waals surface area contributed by atoms with Crippen molar-refractivity contribution >= 4 is 23.1 Å². The van der Waals surface area contributed by atoms with Gasteiger partial charge in [-0.2, -0.15) is 0 Å². The zero-order chi connectivity index (χ0) is 17.8. The molecule has 2 amide bonds. The van der Waals surface area contributed by atoms with Gasteiger partial charge in [-0.15, -0.1) is 0 Å². The minimum absolute atomic E-state index is 0.191. The lowest BCUT2D eigenvalue weighted by molar-refractivity contribution is -0.136. The smallest absolute Gasteiger partial charge is 0.240 e. The Balaban J connectivity index is 1.45. The fourth-order valence-corrected chi connectivity index (χ4v) is 5.21. The normalized spacial score (nSPS) is 31.0. The van der Waals surface area contributed by atoms with Crippen LogP contribution in [-0.2, 0) is 9.59 Å². The lowest BCUT2D eigenvalue weighted by atomic mass is 9.74. The standard InChI is InChI=1S/C20H24N4O2/c1-23-8-12(9-24-10-18(25)22-19(26)11-24)5-15-14-3-2-4-16-20(14)13(7-21-16)6-17(15)23/h2-5,12-13,17,21H,6-11H2,1H3,(H,22,25,26)/t12-,13?,17-/m1/s1. The first-order valence-corrected chi connectivity index (χ1v) is 9.42. The summed E-state index contributed by atoms with van der Waals surface area (Å²) in [5.74, 6) is 0.546. The van der Waals surface area contributed by atoms with Crippen molar-refractivity contribution in [1.29, 1.82) is 0 Å². The van der Waals surface area contributed by atoms with Crippen LogP contribution in [0.2, 0.25) is 0 Å². The number of hydrogen-bond donors (Lipinski definition) is 2. The van der Waals surface area contributed by atoms with Crippen LogP contribution in [0, 0.1) is 5.92 Å². The van der Waals surface area contributed by atoms with Gasteiger partial charge in [0.1, 0.15) is 0 Å². The number of carbonyl (C=O) groups is 2. The van der Waals surface area contributed by atoms with E-state index in [0.717, 1.165) is 26.1 Å². The zero-order valence-corrected chi connectivity index (χ0v) is 15.0. The minimum atomic E-state index is -0.191. The summed E-state index contributed by atoms with van der Waals surface area (Å²) in [4.78, 5) is 27.7. The number of benzene rings is 1. The van der Waals surface area contributed by atoms with E-state index >= 15 is 0 Å². The van der Waals surface area contributed by atoms with Gasteiger partial charge < -0.3 is 5.32 Å². The highest BCUT2D eigenvalue weighted by Gasteiger charge is 2.40. The molecule has 5 rings (SSSR count). The summed E-state index contributed by atoms with van der Waals surface area (Å²) in [6, 6.07) is 7.04. The third kappa shape index (κ3) is 2.56. The van der Waals surface area contributed by atoms with Gasteiger partial charge in [0.15, 0.2) is 0 Å². The van der Waals surface area contributed by atoms with E-state index < -0.39 is 0 Å². The Labute approximate surface area is 153 Å². The van der Waals surface area contributed by atoms with Crippen molar-refractivity contribution in [3.8, 4) is 0 Å². The molecule has 1 aliphatic carbocycles. The lowest BCUT2D eigenvalue weighted by Gasteiger charge is -2.43. The highest BCUT2D eigenvalue weighted by molar-refractivity contribution is 5.99. The maximum absolute atomic E-state index is 11.7. The van der Waals surface area contributed by atoms with Gasteiger partial charge >= 0.3 is 0 Å². The van der Waals surface area contributed by atoms with E-state index in [1.54, 1.807) is 0 Å². The van der Waals surface area contributed by atoms with Crippen LogP contribution in [-0.4, -0.2) is 67.4 Å². The van der Waals surface area contributed by atoms with Gasteiger partial charge in [-0.05, 0) is 36.2 Å². The van der Waals surface area contributed by atoms with E-state index in [-0.39, 0.29) is 11.8 Å². The second-order valence-corrected chi connectivity index (χ2v) is 8.06. The first kappa shape index (κ1) is 16.0. The number of anilines is 1. The van der Waals surface area contributed by atoms with Gasteiger partial charge in [0.2, 0.25) is 11.8 Å². The summed E-state index contributed by atoms with van der Waals surface area (Å²) in [6.07, 6.45) is 3.57. The van der Waals surface area contributed by atoms with Crippen molar-refractivity contribution in [1.82, 2.24) is 15.1 Å². The Hall–Kier alpha value is -2.18. The third-order valence-corrected chi connectivity index (χ3v) is 6.21. The van der Waals surface area contributed by atoms with E-state index in [1.165, 1.54) is 22.4 Å². The Morgan fingerprint density at radius 2 is 2.00 bits per heavy atom. The van der Waals surface area contributed by atoms with Crippen LogP contribution in [0.15, 0.2) is 24.3 Å². The van der Waals surface area contributed by atoms with E-state index in [2.05, 4.69) is 46.9 Å². The monoisotopic (exact) mass is 352 g/mol. The predicted molar refractivity (Wildman–Crippen MR) is 99.8 cm³/mol. The SMILES string of the molecule is CN1C[C@H](CN2CC(=O)NC(=O)C2)C=C2c3cccc4c3C(CN4)C[C@H]21. The number of rotatable bonds is 2. The average Bonchev–Trinajstić information content (AvgIpc) is 3.00. The molecule has 0 bridgehead atoms. The topological polar surface area (TPSA) is 64.7 Å². The molecular weight excluding hydrogens is 328 g/mol. The number of amides is 2. The van der Waals surface area contributed by atoms with Crippen LogP contribution in [0.3, 0.4) is 0 Å². The molecule has 6 nitrogen and oxygen atoms in total. The summed E-state index contributed by atoms with van der Waals surface area (Å²) < 4.78 is 0. The van der Waals surface area contributed by atoms with Crippen LogP contribution >= 0.6 is 0 Å². The van der Waals surface area contributed by atoms with E-state index in [4.69, 9.17) is 0 Å². The van der Waals surface area contributed by atoms with Crippen LogP contribution in [0.1, 0.15) is 23.5 Å². The predicted octanol–water partition coefficient (Wildman–Crippen LogP) is 0.871. The van der Waals surface area contributed by atoms with Gasteiger partial charge in [0, 0.05) is 43.2 Å². The van der Waals surface area contributed by atoms with Crippen molar-refractivity contribution < 1.29 is 9.59 Å². The maximum Gasteiger partial charge on any atom is 0.240 e. The van der Waals surface area contributed by atoms with Gasteiger partial charge in [-0.1, -0.05) is 18.2 Å². The lowest BCUT2D eigenvalue weighted by Crippen LogP contribution is -2.53. The summed E-state index contributed by atoms with van der Waals surface area (Å²) >= 11 is 0. The molecule has 6 heteroatoms. The molecule has 3 heterocycles. The molecule has 1 saturated heterocycles. The third-order valence-electron chi connectivity index (χ3n) is 6.21. The summed E-state index contributed by atoms with van der Waals surface area (Å²) in [7, 11) is 2.20. The number of nitrogens with zero attached hydrogens (tertiary/aromatic N) is 2. The molecule has 1 fully saturated rings. The van der Waals surface area contributed by atoms with Gasteiger partial charge in [-0.3, -0.25) is 24.7 Å². The minimum Gasteiger partial charge on any atom is -0.384 e. The van der Waals surface area contributed by atoms with Gasteiger partial charge in [-0.25, -0.2) is 0 Å². The molecule has 1 unspecified atom stereocenters. The maximum atomic E-state index is 11.7. The highest BCUT2D eigenvalue weighted by atomic mass is 16.2.